The molecule has 5 heteroatoms. The number of ether oxygens (including phenoxy) is 1. The Morgan fingerprint density at radius 2 is 2.21 bits per heavy atom. The number of anilines is 1. The Morgan fingerprint density at radius 1 is 1.42 bits per heavy atom. The van der Waals surface area contributed by atoms with Crippen LogP contribution in [-0.2, 0) is 6.54 Å². The van der Waals surface area contributed by atoms with Crippen LogP contribution in [0.3, 0.4) is 0 Å². The summed E-state index contributed by atoms with van der Waals surface area (Å²) in [7, 11) is 1.58. The molecule has 1 amide bonds. The van der Waals surface area contributed by atoms with Gasteiger partial charge in [0.2, 0.25) is 0 Å². The SMILES string of the molecule is CCn1cccc1C(=O)Nc1cc(Br)ccc1OC. The van der Waals surface area contributed by atoms with E-state index < -0.39 is 0 Å². The van der Waals surface area contributed by atoms with E-state index >= 15 is 0 Å². The number of aromatic nitrogens is 1. The predicted octanol–water partition coefficient (Wildman–Crippen LogP) is 3.53. The highest BCUT2D eigenvalue weighted by Gasteiger charge is 2.13. The third kappa shape index (κ3) is 2.98. The molecule has 0 aliphatic heterocycles. The van der Waals surface area contributed by atoms with Crippen LogP contribution in [0.2, 0.25) is 0 Å². The van der Waals surface area contributed by atoms with Gasteiger partial charge in [-0.15, -0.1) is 0 Å². The van der Waals surface area contributed by atoms with E-state index in [0.29, 0.717) is 17.1 Å². The molecule has 2 rings (SSSR count). The monoisotopic (exact) mass is 322 g/mol. The predicted molar refractivity (Wildman–Crippen MR) is 78.8 cm³/mol. The molecule has 0 radical (unpaired) electrons. The van der Waals surface area contributed by atoms with Crippen molar-refractivity contribution in [2.45, 2.75) is 13.5 Å². The van der Waals surface area contributed by atoms with Crippen LogP contribution in [0.15, 0.2) is 41.0 Å². The van der Waals surface area contributed by atoms with Gasteiger partial charge in [0.05, 0.1) is 12.8 Å². The highest BCUT2D eigenvalue weighted by molar-refractivity contribution is 9.10. The number of amides is 1. The number of halogens is 1. The summed E-state index contributed by atoms with van der Waals surface area (Å²) in [5.41, 5.74) is 1.27. The van der Waals surface area contributed by atoms with Crippen molar-refractivity contribution in [3.8, 4) is 5.75 Å². The van der Waals surface area contributed by atoms with Crippen molar-refractivity contribution in [2.24, 2.45) is 0 Å². The highest BCUT2D eigenvalue weighted by atomic mass is 79.9. The lowest BCUT2D eigenvalue weighted by Gasteiger charge is -2.11. The minimum atomic E-state index is -0.150. The Bertz CT molecular complexity index is 593. The minimum absolute atomic E-state index is 0.150. The number of benzene rings is 1. The number of hydrogen-bond acceptors (Lipinski definition) is 2. The molecule has 0 saturated carbocycles. The molecule has 2 aromatic rings. The second kappa shape index (κ2) is 5.93. The molecule has 0 spiro atoms. The Hall–Kier alpha value is -1.75. The van der Waals surface area contributed by atoms with Gasteiger partial charge in [0, 0.05) is 17.2 Å². The first-order chi connectivity index (χ1) is 9.15. The van der Waals surface area contributed by atoms with E-state index in [2.05, 4.69) is 21.2 Å². The second-order valence-corrected chi connectivity index (χ2v) is 4.89. The molecule has 0 atom stereocenters. The number of aryl methyl sites for hydroxylation is 1. The molecule has 0 fully saturated rings. The van der Waals surface area contributed by atoms with Crippen LogP contribution in [0.25, 0.3) is 0 Å². The maximum Gasteiger partial charge on any atom is 0.272 e. The van der Waals surface area contributed by atoms with Crippen molar-refractivity contribution >= 4 is 27.5 Å². The number of nitrogens with zero attached hydrogens (tertiary/aromatic N) is 1. The van der Waals surface area contributed by atoms with Crippen molar-refractivity contribution in [1.29, 1.82) is 0 Å². The van der Waals surface area contributed by atoms with Gasteiger partial charge in [0.15, 0.2) is 0 Å². The molecule has 1 heterocycles. The minimum Gasteiger partial charge on any atom is -0.495 e. The van der Waals surface area contributed by atoms with Crippen LogP contribution < -0.4 is 10.1 Å². The van der Waals surface area contributed by atoms with E-state index in [1.54, 1.807) is 19.2 Å². The van der Waals surface area contributed by atoms with Crippen LogP contribution in [-0.4, -0.2) is 17.6 Å². The number of hydrogen-bond donors (Lipinski definition) is 1. The number of carbonyl (C=O) groups is 1. The second-order valence-electron chi connectivity index (χ2n) is 3.98. The smallest absolute Gasteiger partial charge is 0.272 e. The molecule has 0 bridgehead atoms. The summed E-state index contributed by atoms with van der Waals surface area (Å²) in [4.78, 5) is 12.2. The number of nitrogens with one attached hydrogen (secondary N) is 1. The van der Waals surface area contributed by atoms with E-state index in [4.69, 9.17) is 4.74 Å². The average molecular weight is 323 g/mol. The van der Waals surface area contributed by atoms with Gasteiger partial charge >= 0.3 is 0 Å². The van der Waals surface area contributed by atoms with Crippen LogP contribution in [0.4, 0.5) is 5.69 Å². The fourth-order valence-corrected chi connectivity index (χ4v) is 2.22. The van der Waals surface area contributed by atoms with E-state index in [1.807, 2.05) is 35.9 Å². The lowest BCUT2D eigenvalue weighted by atomic mass is 10.2. The van der Waals surface area contributed by atoms with Gasteiger partial charge in [-0.3, -0.25) is 4.79 Å². The van der Waals surface area contributed by atoms with E-state index in [1.165, 1.54) is 0 Å². The summed E-state index contributed by atoms with van der Waals surface area (Å²) in [5, 5.41) is 2.86. The van der Waals surface area contributed by atoms with Gasteiger partial charge in [0.1, 0.15) is 11.4 Å². The van der Waals surface area contributed by atoms with Crippen LogP contribution in [0.1, 0.15) is 17.4 Å². The van der Waals surface area contributed by atoms with Crippen molar-refractivity contribution in [2.75, 3.05) is 12.4 Å². The topological polar surface area (TPSA) is 43.3 Å². The summed E-state index contributed by atoms with van der Waals surface area (Å²) in [5.74, 6) is 0.481. The quantitative estimate of drug-likeness (QED) is 0.935. The first-order valence-corrected chi connectivity index (χ1v) is 6.75. The molecule has 19 heavy (non-hydrogen) atoms. The fraction of sp³-hybridized carbons (Fsp3) is 0.214. The zero-order valence-corrected chi connectivity index (χ0v) is 12.4. The number of carbonyl (C=O) groups excluding carboxylic acids is 1. The zero-order valence-electron chi connectivity index (χ0n) is 10.8. The Labute approximate surface area is 120 Å². The molecule has 0 aliphatic carbocycles. The van der Waals surface area contributed by atoms with Gasteiger partial charge in [-0.05, 0) is 37.3 Å². The number of methoxy groups -OCH3 is 1. The fourth-order valence-electron chi connectivity index (χ4n) is 1.86. The standard InChI is InChI=1S/C14H15BrN2O2/c1-3-17-8-4-5-12(17)14(18)16-11-9-10(15)6-7-13(11)19-2/h4-9H,3H2,1-2H3,(H,16,18). The van der Waals surface area contributed by atoms with Crippen LogP contribution in [0, 0.1) is 0 Å². The zero-order chi connectivity index (χ0) is 13.8. The molecule has 0 unspecified atom stereocenters. The summed E-state index contributed by atoms with van der Waals surface area (Å²) in [6, 6.07) is 9.14. The summed E-state index contributed by atoms with van der Waals surface area (Å²) >= 11 is 3.38. The molecule has 1 aromatic carbocycles. The van der Waals surface area contributed by atoms with Gasteiger partial charge < -0.3 is 14.6 Å². The van der Waals surface area contributed by atoms with Crippen molar-refractivity contribution in [3.05, 3.63) is 46.7 Å². The van der Waals surface area contributed by atoms with Gasteiger partial charge in [-0.25, -0.2) is 0 Å². The van der Waals surface area contributed by atoms with Crippen LogP contribution in [0.5, 0.6) is 5.75 Å². The molecule has 100 valence electrons. The summed E-state index contributed by atoms with van der Waals surface area (Å²) < 4.78 is 8.01. The third-order valence-corrected chi connectivity index (χ3v) is 3.31. The van der Waals surface area contributed by atoms with E-state index in [-0.39, 0.29) is 5.91 Å². The highest BCUT2D eigenvalue weighted by Crippen LogP contribution is 2.28. The largest absolute Gasteiger partial charge is 0.495 e. The summed E-state index contributed by atoms with van der Waals surface area (Å²) in [6.45, 7) is 2.75. The van der Waals surface area contributed by atoms with Crippen LogP contribution >= 0.6 is 15.9 Å². The maximum absolute atomic E-state index is 12.2. The van der Waals surface area contributed by atoms with E-state index in [0.717, 1.165) is 11.0 Å². The molecule has 0 saturated heterocycles. The Kier molecular flexibility index (Phi) is 4.27. The first-order valence-electron chi connectivity index (χ1n) is 5.95. The Morgan fingerprint density at radius 3 is 2.89 bits per heavy atom. The molecule has 0 aliphatic rings. The van der Waals surface area contributed by atoms with Crippen molar-refractivity contribution in [3.63, 3.8) is 0 Å². The summed E-state index contributed by atoms with van der Waals surface area (Å²) in [6.07, 6.45) is 1.88. The lowest BCUT2D eigenvalue weighted by molar-refractivity contribution is 0.101. The molecule has 1 N–H and O–H groups in total. The maximum atomic E-state index is 12.2. The third-order valence-electron chi connectivity index (χ3n) is 2.81. The lowest BCUT2D eigenvalue weighted by Crippen LogP contribution is -2.16. The molecular weight excluding hydrogens is 308 g/mol. The molecule has 1 aromatic heterocycles. The van der Waals surface area contributed by atoms with Gasteiger partial charge in [0.25, 0.3) is 5.91 Å². The normalized spacial score (nSPS) is 10.3. The number of rotatable bonds is 4. The van der Waals surface area contributed by atoms with Crippen molar-refractivity contribution in [1.82, 2.24) is 4.57 Å². The Balaban J connectivity index is 2.26. The van der Waals surface area contributed by atoms with Gasteiger partial charge in [-0.2, -0.15) is 0 Å². The molecule has 4 nitrogen and oxygen atoms in total. The van der Waals surface area contributed by atoms with Crippen molar-refractivity contribution < 1.29 is 9.53 Å². The van der Waals surface area contributed by atoms with E-state index in [9.17, 15) is 4.79 Å². The molecular formula is C14H15BrN2O2. The average Bonchev–Trinajstić information content (AvgIpc) is 2.87. The van der Waals surface area contributed by atoms with Gasteiger partial charge in [-0.1, -0.05) is 15.9 Å². The first kappa shape index (κ1) is 13.7.